The number of hydrogen-bond donors (Lipinski definition) is 2. The van der Waals surface area contributed by atoms with Gasteiger partial charge >= 0.3 is 0 Å². The number of rotatable bonds is 5. The van der Waals surface area contributed by atoms with E-state index in [0.717, 1.165) is 0 Å². The third kappa shape index (κ3) is 4.56. The highest BCUT2D eigenvalue weighted by Gasteiger charge is 2.13. The quantitative estimate of drug-likeness (QED) is 0.631. The topological polar surface area (TPSA) is 102 Å². The average Bonchev–Trinajstić information content (AvgIpc) is 2.66. The minimum absolute atomic E-state index is 0.0386. The van der Waals surface area contributed by atoms with Gasteiger partial charge in [0.25, 0.3) is 5.91 Å². The van der Waals surface area contributed by atoms with Crippen LogP contribution in [0.1, 0.15) is 23.8 Å². The lowest BCUT2D eigenvalue weighted by Crippen LogP contribution is -2.22. The van der Waals surface area contributed by atoms with E-state index < -0.39 is 5.91 Å². The van der Waals surface area contributed by atoms with E-state index in [2.05, 4.69) is 20.8 Å². The Bertz CT molecular complexity index is 836. The molecule has 0 unspecified atom stereocenters. The van der Waals surface area contributed by atoms with Crippen molar-refractivity contribution in [3.63, 3.8) is 0 Å². The molecule has 1 aliphatic heterocycles. The van der Waals surface area contributed by atoms with Gasteiger partial charge < -0.3 is 14.8 Å². The van der Waals surface area contributed by atoms with Crippen molar-refractivity contribution >= 4 is 23.2 Å². The molecule has 0 saturated carbocycles. The van der Waals surface area contributed by atoms with E-state index in [1.54, 1.807) is 43.3 Å². The van der Waals surface area contributed by atoms with Crippen LogP contribution in [0.5, 0.6) is 11.5 Å². The summed E-state index contributed by atoms with van der Waals surface area (Å²) in [6.07, 6.45) is 1.56. The Labute approximate surface area is 150 Å². The number of anilines is 1. The number of benzene rings is 1. The molecule has 134 valence electrons. The van der Waals surface area contributed by atoms with Crippen molar-refractivity contribution < 1.29 is 19.1 Å². The molecule has 2 N–H and O–H groups in total. The summed E-state index contributed by atoms with van der Waals surface area (Å²) in [5.74, 6) is 0.568. The van der Waals surface area contributed by atoms with Gasteiger partial charge in [-0.2, -0.15) is 5.10 Å². The number of pyridine rings is 1. The molecule has 0 bridgehead atoms. The van der Waals surface area contributed by atoms with Crippen molar-refractivity contribution in [1.29, 1.82) is 0 Å². The molecule has 0 radical (unpaired) electrons. The van der Waals surface area contributed by atoms with Gasteiger partial charge in [0, 0.05) is 23.7 Å². The van der Waals surface area contributed by atoms with Crippen LogP contribution in [0.4, 0.5) is 5.69 Å². The SMILES string of the molecule is C/C(CC(=O)Nc1ccc2c(c1)OCCO2)=N/NC(=O)c1ccccn1. The number of ether oxygens (including phenoxy) is 2. The maximum absolute atomic E-state index is 12.1. The maximum atomic E-state index is 12.1. The van der Waals surface area contributed by atoms with Crippen LogP contribution in [0, 0.1) is 0 Å². The first-order valence-corrected chi connectivity index (χ1v) is 8.06. The molecule has 1 aromatic carbocycles. The van der Waals surface area contributed by atoms with Crippen LogP contribution in [-0.4, -0.2) is 35.7 Å². The highest BCUT2D eigenvalue weighted by atomic mass is 16.6. The highest BCUT2D eigenvalue weighted by Crippen LogP contribution is 2.32. The smallest absolute Gasteiger partial charge is 0.289 e. The van der Waals surface area contributed by atoms with Crippen molar-refractivity contribution in [2.45, 2.75) is 13.3 Å². The number of carbonyl (C=O) groups excluding carboxylic acids is 2. The number of carbonyl (C=O) groups is 2. The summed E-state index contributed by atoms with van der Waals surface area (Å²) in [7, 11) is 0. The number of fused-ring (bicyclic) bond motifs is 1. The summed E-state index contributed by atoms with van der Waals surface area (Å²) < 4.78 is 10.9. The monoisotopic (exact) mass is 354 g/mol. The first-order chi connectivity index (χ1) is 12.6. The Morgan fingerprint density at radius 3 is 2.73 bits per heavy atom. The minimum Gasteiger partial charge on any atom is -0.486 e. The molecule has 2 aromatic rings. The second-order valence-corrected chi connectivity index (χ2v) is 5.59. The van der Waals surface area contributed by atoms with Gasteiger partial charge in [-0.15, -0.1) is 0 Å². The third-order valence-corrected chi connectivity index (χ3v) is 3.49. The lowest BCUT2D eigenvalue weighted by atomic mass is 10.2. The molecule has 2 amide bonds. The largest absolute Gasteiger partial charge is 0.486 e. The van der Waals surface area contributed by atoms with Gasteiger partial charge in [-0.3, -0.25) is 14.6 Å². The molecule has 2 heterocycles. The molecule has 8 heteroatoms. The lowest BCUT2D eigenvalue weighted by Gasteiger charge is -2.19. The Hall–Kier alpha value is -3.42. The molecule has 0 saturated heterocycles. The zero-order valence-corrected chi connectivity index (χ0v) is 14.2. The van der Waals surface area contributed by atoms with Crippen LogP contribution in [0.3, 0.4) is 0 Å². The zero-order valence-electron chi connectivity index (χ0n) is 14.2. The van der Waals surface area contributed by atoms with Gasteiger partial charge in [-0.25, -0.2) is 5.43 Å². The fourth-order valence-corrected chi connectivity index (χ4v) is 2.30. The molecule has 0 fully saturated rings. The lowest BCUT2D eigenvalue weighted by molar-refractivity contribution is -0.115. The van der Waals surface area contributed by atoms with Crippen LogP contribution < -0.4 is 20.2 Å². The van der Waals surface area contributed by atoms with Crippen LogP contribution in [0.25, 0.3) is 0 Å². The number of hydrazone groups is 1. The van der Waals surface area contributed by atoms with Crippen molar-refractivity contribution in [2.75, 3.05) is 18.5 Å². The zero-order chi connectivity index (χ0) is 18.4. The Kier molecular flexibility index (Phi) is 5.43. The van der Waals surface area contributed by atoms with E-state index >= 15 is 0 Å². The van der Waals surface area contributed by atoms with Crippen LogP contribution in [0.2, 0.25) is 0 Å². The van der Waals surface area contributed by atoms with Gasteiger partial charge in [0.05, 0.1) is 6.42 Å². The van der Waals surface area contributed by atoms with Crippen LogP contribution >= 0.6 is 0 Å². The molecular formula is C18H18N4O4. The van der Waals surface area contributed by atoms with Gasteiger partial charge in [-0.1, -0.05) is 6.07 Å². The molecule has 26 heavy (non-hydrogen) atoms. The van der Waals surface area contributed by atoms with E-state index in [1.807, 2.05) is 0 Å². The second kappa shape index (κ2) is 8.11. The first-order valence-electron chi connectivity index (χ1n) is 8.06. The Balaban J connectivity index is 1.53. The van der Waals surface area contributed by atoms with Gasteiger partial charge in [0.15, 0.2) is 11.5 Å². The van der Waals surface area contributed by atoms with Crippen molar-refractivity contribution in [2.24, 2.45) is 5.10 Å². The molecule has 0 spiro atoms. The van der Waals surface area contributed by atoms with Crippen LogP contribution in [0.15, 0.2) is 47.7 Å². The third-order valence-electron chi connectivity index (χ3n) is 3.49. The minimum atomic E-state index is -0.433. The van der Waals surface area contributed by atoms with Crippen LogP contribution in [-0.2, 0) is 4.79 Å². The molecule has 0 atom stereocenters. The molecule has 0 aliphatic carbocycles. The number of aromatic nitrogens is 1. The standard InChI is InChI=1S/C18H18N4O4/c1-12(21-22-18(24)14-4-2-3-7-19-14)10-17(23)20-13-5-6-15-16(11-13)26-9-8-25-15/h2-7,11H,8-10H2,1H3,(H,20,23)(H,22,24)/b21-12-. The summed E-state index contributed by atoms with van der Waals surface area (Å²) >= 11 is 0. The van der Waals surface area contributed by atoms with Gasteiger partial charge in [0.2, 0.25) is 5.91 Å². The van der Waals surface area contributed by atoms with E-state index in [0.29, 0.717) is 36.1 Å². The molecule has 1 aliphatic rings. The molecule has 3 rings (SSSR count). The fourth-order valence-electron chi connectivity index (χ4n) is 2.30. The van der Waals surface area contributed by atoms with E-state index in [9.17, 15) is 9.59 Å². The molecule has 1 aromatic heterocycles. The number of hydrogen-bond acceptors (Lipinski definition) is 6. The summed E-state index contributed by atoms with van der Waals surface area (Å²) in [4.78, 5) is 27.9. The highest BCUT2D eigenvalue weighted by molar-refractivity contribution is 6.06. The molecule has 8 nitrogen and oxygen atoms in total. The number of amides is 2. The van der Waals surface area contributed by atoms with Crippen molar-refractivity contribution in [1.82, 2.24) is 10.4 Å². The Morgan fingerprint density at radius 1 is 1.15 bits per heavy atom. The average molecular weight is 354 g/mol. The maximum Gasteiger partial charge on any atom is 0.289 e. The van der Waals surface area contributed by atoms with Crippen molar-refractivity contribution in [3.05, 3.63) is 48.3 Å². The predicted octanol–water partition coefficient (Wildman–Crippen LogP) is 1.99. The van der Waals surface area contributed by atoms with E-state index in [4.69, 9.17) is 9.47 Å². The molecular weight excluding hydrogens is 336 g/mol. The second-order valence-electron chi connectivity index (χ2n) is 5.59. The van der Waals surface area contributed by atoms with E-state index in [1.165, 1.54) is 6.20 Å². The summed E-state index contributed by atoms with van der Waals surface area (Å²) in [6.45, 7) is 2.65. The van der Waals surface area contributed by atoms with E-state index in [-0.39, 0.29) is 18.0 Å². The number of nitrogens with zero attached hydrogens (tertiary/aromatic N) is 2. The fraction of sp³-hybridized carbons (Fsp3) is 0.222. The predicted molar refractivity (Wildman–Crippen MR) is 95.5 cm³/mol. The Morgan fingerprint density at radius 2 is 1.96 bits per heavy atom. The van der Waals surface area contributed by atoms with Crippen molar-refractivity contribution in [3.8, 4) is 11.5 Å². The first kappa shape index (κ1) is 17.4. The van der Waals surface area contributed by atoms with Gasteiger partial charge in [-0.05, 0) is 31.2 Å². The summed E-state index contributed by atoms with van der Waals surface area (Å²) in [6, 6.07) is 10.2. The number of nitrogens with one attached hydrogen (secondary N) is 2. The van der Waals surface area contributed by atoms with Gasteiger partial charge in [0.1, 0.15) is 18.9 Å². The normalized spacial score (nSPS) is 13.0. The summed E-state index contributed by atoms with van der Waals surface area (Å²) in [5, 5.41) is 6.69. The summed E-state index contributed by atoms with van der Waals surface area (Å²) in [5.41, 5.74) is 3.70.